The van der Waals surface area contributed by atoms with Crippen molar-refractivity contribution in [2.75, 3.05) is 19.0 Å². The molecule has 5 rings (SSSR count). The van der Waals surface area contributed by atoms with Crippen molar-refractivity contribution in [1.82, 2.24) is 0 Å². The van der Waals surface area contributed by atoms with E-state index in [0.717, 1.165) is 6.07 Å². The Morgan fingerprint density at radius 2 is 1.63 bits per heavy atom. The molecule has 0 aliphatic carbocycles. The van der Waals surface area contributed by atoms with Crippen LogP contribution in [0.1, 0.15) is 64.4 Å². The Balaban J connectivity index is 1.93. The number of amides is 1. The molecule has 54 heavy (non-hydrogen) atoms. The molecular formula is C39H49NO14. The van der Waals surface area contributed by atoms with Gasteiger partial charge in [-0.25, -0.2) is 4.79 Å². The molecule has 15 nitrogen and oxygen atoms in total. The van der Waals surface area contributed by atoms with Crippen molar-refractivity contribution in [3.63, 3.8) is 0 Å². The average Bonchev–Trinajstić information content (AvgIpc) is 3.38. The summed E-state index contributed by atoms with van der Waals surface area (Å²) in [6, 6.07) is 1.13. The van der Waals surface area contributed by atoms with Gasteiger partial charge in [0.15, 0.2) is 12.4 Å². The van der Waals surface area contributed by atoms with Gasteiger partial charge in [0.05, 0.1) is 41.2 Å². The summed E-state index contributed by atoms with van der Waals surface area (Å²) in [5, 5.41) is 57.0. The molecule has 0 aromatic heterocycles. The number of aliphatic carboxylic acids is 1. The second-order valence-corrected chi connectivity index (χ2v) is 14.1. The van der Waals surface area contributed by atoms with Crippen molar-refractivity contribution in [3.05, 3.63) is 53.3 Å². The summed E-state index contributed by atoms with van der Waals surface area (Å²) >= 11 is 0. The van der Waals surface area contributed by atoms with E-state index in [0.29, 0.717) is 0 Å². The monoisotopic (exact) mass is 755 g/mol. The van der Waals surface area contributed by atoms with E-state index in [-0.39, 0.29) is 44.7 Å². The lowest BCUT2D eigenvalue weighted by molar-refractivity contribution is -0.160. The SMILES string of the molecule is CO[C@H]1/C=C/O[C@@]2(C)Oc3c(C)c(O)c4c(O)c(cc(OCC(=O)O)c4c3C2=O)NC(=O)/C(C)=C\C=C\C(C)[C@H](O)[C@@H](C)[C@@H](O)[C@@H](C)C(OC(C)=O)[C@@H]1C. The number of carboxylic acid groups (broad SMARTS) is 1. The lowest BCUT2D eigenvalue weighted by atomic mass is 9.78. The third-order valence-corrected chi connectivity index (χ3v) is 10.2. The average molecular weight is 756 g/mol. The number of nitrogens with one attached hydrogen (secondary N) is 1. The van der Waals surface area contributed by atoms with E-state index in [1.807, 2.05) is 0 Å². The fraction of sp³-hybridized carbons (Fsp3) is 0.487. The Bertz CT molecular complexity index is 1900. The molecule has 15 heteroatoms. The summed E-state index contributed by atoms with van der Waals surface area (Å²) in [5.41, 5.74) is -0.251. The number of rotatable bonds is 5. The Morgan fingerprint density at radius 3 is 2.24 bits per heavy atom. The topological polar surface area (TPSA) is 228 Å². The third kappa shape index (κ3) is 8.17. The van der Waals surface area contributed by atoms with Crippen LogP contribution >= 0.6 is 0 Å². The van der Waals surface area contributed by atoms with Crippen LogP contribution in [0.4, 0.5) is 5.69 Å². The van der Waals surface area contributed by atoms with Crippen molar-refractivity contribution < 1.29 is 68.4 Å². The zero-order chi connectivity index (χ0) is 40.4. The maximum absolute atomic E-state index is 14.2. The van der Waals surface area contributed by atoms with Crippen molar-refractivity contribution >= 4 is 40.1 Å². The zero-order valence-corrected chi connectivity index (χ0v) is 31.7. The molecule has 0 saturated carbocycles. The van der Waals surface area contributed by atoms with Gasteiger partial charge in [0.1, 0.15) is 23.4 Å². The fourth-order valence-electron chi connectivity index (χ4n) is 6.89. The van der Waals surface area contributed by atoms with Gasteiger partial charge in [-0.05, 0) is 19.9 Å². The number of hydrogen-bond donors (Lipinski definition) is 6. The van der Waals surface area contributed by atoms with E-state index >= 15 is 0 Å². The number of phenolic OH excluding ortho intramolecular Hbond substituents is 2. The number of carbonyl (C=O) groups excluding carboxylic acids is 3. The molecule has 0 fully saturated rings. The minimum Gasteiger partial charge on any atom is -0.507 e. The minimum atomic E-state index is -2.05. The van der Waals surface area contributed by atoms with Crippen molar-refractivity contribution in [3.8, 4) is 23.0 Å². The number of Topliss-reactive ketones (excluding diaryl/α,β-unsaturated/α-hetero) is 1. The predicted molar refractivity (Wildman–Crippen MR) is 195 cm³/mol. The molecule has 2 aromatic carbocycles. The highest BCUT2D eigenvalue weighted by Gasteiger charge is 2.49. The molecule has 294 valence electrons. The van der Waals surface area contributed by atoms with Gasteiger partial charge in [-0.2, -0.15) is 0 Å². The van der Waals surface area contributed by atoms with Gasteiger partial charge in [0, 0.05) is 67.2 Å². The standard InChI is InChI=1S/C39H49NO14/c1-17-11-10-12-18(2)38(49)40-24-15-26(51-16-27(42)43)28-29(34(24)47)33(46)22(6)36-30(28)37(48)39(8,54-36)52-14-13-25(50-9)19(3)35(53-23(7)41)21(5)32(45)20(4)31(17)44/h10-15,17,19-21,25,31-32,35,44-47H,16H2,1-9H3,(H,40,49)(H,42,43)/b11-10+,14-13+,18-12-/t17?,19-,20-,21-,25+,31+,32-,35?,39+/m1/s1. The number of anilines is 1. The maximum atomic E-state index is 14.2. The van der Waals surface area contributed by atoms with Crippen LogP contribution < -0.4 is 14.8 Å². The molecule has 0 spiro atoms. The van der Waals surface area contributed by atoms with Crippen LogP contribution in [-0.4, -0.2) is 93.1 Å². The number of fused-ring (bicyclic) bond motifs is 14. The molecule has 5 bridgehead atoms. The molecule has 1 amide bonds. The number of carboxylic acids is 1. The number of hydrogen-bond acceptors (Lipinski definition) is 13. The third-order valence-electron chi connectivity index (χ3n) is 10.2. The van der Waals surface area contributed by atoms with E-state index in [2.05, 4.69) is 5.32 Å². The Morgan fingerprint density at radius 1 is 0.963 bits per heavy atom. The molecule has 3 aliphatic rings. The zero-order valence-electron chi connectivity index (χ0n) is 31.7. The number of benzene rings is 2. The van der Waals surface area contributed by atoms with Crippen LogP contribution in [0, 0.1) is 30.6 Å². The predicted octanol–water partition coefficient (Wildman–Crippen LogP) is 4.51. The van der Waals surface area contributed by atoms with Gasteiger partial charge in [-0.15, -0.1) is 0 Å². The summed E-state index contributed by atoms with van der Waals surface area (Å²) in [5.74, 6) is -9.54. The molecule has 2 unspecified atom stereocenters. The fourth-order valence-corrected chi connectivity index (χ4v) is 6.89. The quantitative estimate of drug-likeness (QED) is 0.182. The first kappa shape index (κ1) is 41.6. The summed E-state index contributed by atoms with van der Waals surface area (Å²) in [7, 11) is 1.41. The summed E-state index contributed by atoms with van der Waals surface area (Å²) in [6.45, 7) is 11.4. The highest BCUT2D eigenvalue weighted by molar-refractivity contribution is 6.21. The number of allylic oxidation sites excluding steroid dienone is 2. The second kappa shape index (κ2) is 16.5. The molecule has 2 aromatic rings. The minimum absolute atomic E-state index is 0.0301. The van der Waals surface area contributed by atoms with Crippen molar-refractivity contribution in [2.45, 2.75) is 85.6 Å². The number of carbonyl (C=O) groups is 4. The Hall–Kier alpha value is -5.12. The number of aliphatic hydroxyl groups excluding tert-OH is 2. The van der Waals surface area contributed by atoms with Crippen LogP contribution in [0.25, 0.3) is 10.8 Å². The summed E-state index contributed by atoms with van der Waals surface area (Å²) in [4.78, 5) is 51.3. The van der Waals surface area contributed by atoms with E-state index in [9.17, 15) is 44.7 Å². The van der Waals surface area contributed by atoms with E-state index in [4.69, 9.17) is 23.7 Å². The number of aromatic hydroxyl groups is 2. The summed E-state index contributed by atoms with van der Waals surface area (Å²) in [6.07, 6.45) is 3.37. The Labute approximate surface area is 312 Å². The number of phenols is 2. The summed E-state index contributed by atoms with van der Waals surface area (Å²) < 4.78 is 28.9. The van der Waals surface area contributed by atoms with E-state index < -0.39 is 95.6 Å². The first-order valence-corrected chi connectivity index (χ1v) is 17.5. The smallest absolute Gasteiger partial charge is 0.341 e. The van der Waals surface area contributed by atoms with E-state index in [1.54, 1.807) is 39.8 Å². The molecule has 9 atom stereocenters. The van der Waals surface area contributed by atoms with Crippen LogP contribution in [0.3, 0.4) is 0 Å². The van der Waals surface area contributed by atoms with Gasteiger partial charge in [-0.1, -0.05) is 45.9 Å². The molecule has 0 radical (unpaired) electrons. The lowest BCUT2D eigenvalue weighted by Gasteiger charge is -2.38. The molecular weight excluding hydrogens is 706 g/mol. The number of aliphatic hydroxyl groups is 2. The molecule has 0 saturated heterocycles. The van der Waals surface area contributed by atoms with Gasteiger partial charge < -0.3 is 54.5 Å². The van der Waals surface area contributed by atoms with Gasteiger partial charge in [-0.3, -0.25) is 14.4 Å². The van der Waals surface area contributed by atoms with Crippen LogP contribution in [0.5, 0.6) is 23.0 Å². The number of ketones is 1. The maximum Gasteiger partial charge on any atom is 0.341 e. The van der Waals surface area contributed by atoms with Crippen LogP contribution in [-0.2, 0) is 28.6 Å². The number of esters is 1. The number of ether oxygens (including phenoxy) is 5. The highest BCUT2D eigenvalue weighted by Crippen LogP contribution is 2.54. The first-order valence-electron chi connectivity index (χ1n) is 17.5. The largest absolute Gasteiger partial charge is 0.507 e. The van der Waals surface area contributed by atoms with Crippen molar-refractivity contribution in [2.24, 2.45) is 23.7 Å². The van der Waals surface area contributed by atoms with Gasteiger partial charge in [0.25, 0.3) is 11.7 Å². The van der Waals surface area contributed by atoms with Crippen LogP contribution in [0.2, 0.25) is 0 Å². The lowest BCUT2D eigenvalue weighted by Crippen LogP contribution is -2.46. The first-order chi connectivity index (χ1) is 25.2. The normalized spacial score (nSPS) is 31.5. The van der Waals surface area contributed by atoms with Crippen LogP contribution in [0.15, 0.2) is 42.2 Å². The molecule has 3 aliphatic heterocycles. The number of methoxy groups -OCH3 is 1. The van der Waals surface area contributed by atoms with Gasteiger partial charge >= 0.3 is 17.7 Å². The molecule has 3 heterocycles. The molecule has 6 N–H and O–H groups in total. The van der Waals surface area contributed by atoms with Gasteiger partial charge in [0.2, 0.25) is 0 Å². The highest BCUT2D eigenvalue weighted by atomic mass is 16.7. The van der Waals surface area contributed by atoms with E-state index in [1.165, 1.54) is 53.2 Å². The Kier molecular flexibility index (Phi) is 12.7. The van der Waals surface area contributed by atoms with Crippen molar-refractivity contribution in [1.29, 1.82) is 0 Å². The second-order valence-electron chi connectivity index (χ2n) is 14.1.